The number of non-ortho nitro benzene ring substituents is 1. The predicted molar refractivity (Wildman–Crippen MR) is 131 cm³/mol. The van der Waals surface area contributed by atoms with Gasteiger partial charge < -0.3 is 19.7 Å². The van der Waals surface area contributed by atoms with Crippen molar-refractivity contribution < 1.29 is 34.2 Å². The van der Waals surface area contributed by atoms with E-state index in [0.717, 1.165) is 23.9 Å². The standard InChI is InChI=1S/C23H19ClN2O8S/c1-3-33-16-11-13(26(31)32)9-12(19(16)27)10-17-20(28)18(23(30)34-4-2)22(35-17)25-21(29)14-7-5-6-8-15(14)24/h5-11,27-28H,3-4H2,1-2H3/b17-10-,25-22?. The number of nitro groups is 1. The van der Waals surface area contributed by atoms with Gasteiger partial charge in [-0.25, -0.2) is 9.79 Å². The summed E-state index contributed by atoms with van der Waals surface area (Å²) in [6.45, 7) is 3.34. The van der Waals surface area contributed by atoms with Gasteiger partial charge in [0, 0.05) is 11.6 Å². The molecule has 3 rings (SSSR count). The minimum absolute atomic E-state index is 0.00277. The topological polar surface area (TPSA) is 149 Å². The first kappa shape index (κ1) is 25.8. The Morgan fingerprint density at radius 2 is 1.91 bits per heavy atom. The third-order valence-electron chi connectivity index (χ3n) is 4.56. The molecule has 35 heavy (non-hydrogen) atoms. The first-order valence-corrected chi connectivity index (χ1v) is 11.4. The Hall–Kier alpha value is -3.83. The lowest BCUT2D eigenvalue weighted by Gasteiger charge is -2.09. The van der Waals surface area contributed by atoms with Crippen LogP contribution in [0.15, 0.2) is 57.6 Å². The number of thioether (sulfide) groups is 1. The number of esters is 1. The first-order chi connectivity index (χ1) is 16.7. The Kier molecular flexibility index (Phi) is 8.15. The molecule has 2 aromatic rings. The molecular formula is C23H19ClN2O8S. The van der Waals surface area contributed by atoms with Crippen molar-refractivity contribution in [3.8, 4) is 11.5 Å². The minimum Gasteiger partial charge on any atom is -0.506 e. The lowest BCUT2D eigenvalue weighted by atomic mass is 10.1. The molecule has 12 heteroatoms. The third kappa shape index (κ3) is 5.64. The van der Waals surface area contributed by atoms with E-state index in [2.05, 4.69) is 4.99 Å². The third-order valence-corrected chi connectivity index (χ3v) is 5.91. The van der Waals surface area contributed by atoms with E-state index in [9.17, 15) is 29.9 Å². The number of halogens is 1. The number of nitro benzene ring substituents is 1. The highest BCUT2D eigenvalue weighted by Gasteiger charge is 2.34. The summed E-state index contributed by atoms with van der Waals surface area (Å²) in [5, 5.41) is 32.6. The Morgan fingerprint density at radius 1 is 1.20 bits per heavy atom. The smallest absolute Gasteiger partial charge is 0.344 e. The van der Waals surface area contributed by atoms with Gasteiger partial charge in [0.1, 0.15) is 16.4 Å². The number of aromatic hydroxyl groups is 1. The molecule has 0 radical (unpaired) electrons. The fraction of sp³-hybridized carbons (Fsp3) is 0.174. The van der Waals surface area contributed by atoms with Crippen LogP contribution in [0.25, 0.3) is 6.08 Å². The highest BCUT2D eigenvalue weighted by Crippen LogP contribution is 2.42. The number of phenols is 1. The van der Waals surface area contributed by atoms with Crippen LogP contribution in [0.1, 0.15) is 29.8 Å². The highest BCUT2D eigenvalue weighted by atomic mass is 35.5. The number of aliphatic hydroxyl groups excluding tert-OH is 1. The Bertz CT molecular complexity index is 1300. The number of amides is 1. The van der Waals surface area contributed by atoms with Gasteiger partial charge in [-0.05, 0) is 32.1 Å². The number of rotatable bonds is 7. The summed E-state index contributed by atoms with van der Waals surface area (Å²) in [6.07, 6.45) is 1.21. The van der Waals surface area contributed by atoms with Crippen LogP contribution in [0, 0.1) is 10.1 Å². The number of nitrogens with zero attached hydrogens (tertiary/aromatic N) is 2. The molecule has 1 amide bonds. The molecule has 0 saturated heterocycles. The van der Waals surface area contributed by atoms with E-state index in [1.165, 1.54) is 18.2 Å². The molecule has 2 aromatic carbocycles. The Balaban J connectivity index is 2.12. The molecule has 0 bridgehead atoms. The van der Waals surface area contributed by atoms with Crippen molar-refractivity contribution in [3.05, 3.63) is 78.9 Å². The molecule has 10 nitrogen and oxygen atoms in total. The zero-order chi connectivity index (χ0) is 25.7. The molecular weight excluding hydrogens is 500 g/mol. The predicted octanol–water partition coefficient (Wildman–Crippen LogP) is 5.05. The van der Waals surface area contributed by atoms with Gasteiger partial charge >= 0.3 is 5.97 Å². The van der Waals surface area contributed by atoms with Gasteiger partial charge in [0.15, 0.2) is 11.5 Å². The molecule has 1 heterocycles. The van der Waals surface area contributed by atoms with Crippen LogP contribution in [-0.4, -0.2) is 45.3 Å². The number of carbonyl (C=O) groups is 2. The lowest BCUT2D eigenvalue weighted by molar-refractivity contribution is -0.385. The number of hydrogen-bond acceptors (Lipinski definition) is 9. The normalized spacial score (nSPS) is 15.5. The number of aliphatic hydroxyl groups is 1. The lowest BCUT2D eigenvalue weighted by Crippen LogP contribution is -2.14. The molecule has 2 N–H and O–H groups in total. The zero-order valence-electron chi connectivity index (χ0n) is 18.5. The van der Waals surface area contributed by atoms with E-state index in [4.69, 9.17) is 21.1 Å². The van der Waals surface area contributed by atoms with Crippen molar-refractivity contribution in [3.63, 3.8) is 0 Å². The number of carbonyl (C=O) groups excluding carboxylic acids is 2. The van der Waals surface area contributed by atoms with Gasteiger partial charge in [-0.3, -0.25) is 14.9 Å². The average molecular weight is 519 g/mol. The summed E-state index contributed by atoms with van der Waals surface area (Å²) in [6, 6.07) is 8.32. The fourth-order valence-electron chi connectivity index (χ4n) is 3.02. The molecule has 0 fully saturated rings. The van der Waals surface area contributed by atoms with Crippen molar-refractivity contribution >= 4 is 52.0 Å². The summed E-state index contributed by atoms with van der Waals surface area (Å²) in [4.78, 5) is 39.9. The largest absolute Gasteiger partial charge is 0.506 e. The Morgan fingerprint density at radius 3 is 2.54 bits per heavy atom. The van der Waals surface area contributed by atoms with Crippen molar-refractivity contribution in [2.24, 2.45) is 4.99 Å². The highest BCUT2D eigenvalue weighted by molar-refractivity contribution is 8.18. The molecule has 0 unspecified atom stereocenters. The van der Waals surface area contributed by atoms with Crippen molar-refractivity contribution in [2.45, 2.75) is 13.8 Å². The second-order valence-corrected chi connectivity index (χ2v) is 8.27. The molecule has 1 aliphatic rings. The summed E-state index contributed by atoms with van der Waals surface area (Å²) in [5.41, 5.74) is -0.699. The molecule has 0 saturated carbocycles. The second kappa shape index (κ2) is 11.1. The number of phenolic OH excluding ortho intramolecular Hbond substituents is 1. The number of ether oxygens (including phenoxy) is 2. The summed E-state index contributed by atoms with van der Waals surface area (Å²) in [7, 11) is 0. The maximum atomic E-state index is 12.7. The van der Waals surface area contributed by atoms with Crippen LogP contribution in [0.3, 0.4) is 0 Å². The number of benzene rings is 2. The van der Waals surface area contributed by atoms with E-state index >= 15 is 0 Å². The van der Waals surface area contributed by atoms with E-state index < -0.39 is 28.3 Å². The average Bonchev–Trinajstić information content (AvgIpc) is 3.11. The van der Waals surface area contributed by atoms with Gasteiger partial charge in [-0.15, -0.1) is 0 Å². The maximum Gasteiger partial charge on any atom is 0.344 e. The molecule has 0 aromatic heterocycles. The monoisotopic (exact) mass is 518 g/mol. The number of aliphatic imine (C=N–C) groups is 1. The number of hydrogen-bond donors (Lipinski definition) is 2. The van der Waals surface area contributed by atoms with E-state index in [1.54, 1.807) is 26.0 Å². The van der Waals surface area contributed by atoms with Gasteiger partial charge in [-0.2, -0.15) is 0 Å². The van der Waals surface area contributed by atoms with Gasteiger partial charge in [0.25, 0.3) is 11.6 Å². The SMILES string of the molecule is CCOC(=O)C1=C(O)/C(=C/c2cc([N+](=O)[O-])cc(OCC)c2O)SC1=NC(=O)c1ccccc1Cl. The molecule has 0 aliphatic carbocycles. The van der Waals surface area contributed by atoms with Crippen molar-refractivity contribution in [2.75, 3.05) is 13.2 Å². The van der Waals surface area contributed by atoms with Crippen LogP contribution in [0.5, 0.6) is 11.5 Å². The van der Waals surface area contributed by atoms with Gasteiger partial charge in [-0.1, -0.05) is 35.5 Å². The quantitative estimate of drug-likeness (QED) is 0.291. The molecule has 0 atom stereocenters. The summed E-state index contributed by atoms with van der Waals surface area (Å²) in [5.74, 6) is -2.79. The van der Waals surface area contributed by atoms with Gasteiger partial charge in [0.05, 0.1) is 39.7 Å². The second-order valence-electron chi connectivity index (χ2n) is 6.83. The molecule has 1 aliphatic heterocycles. The fourth-order valence-corrected chi connectivity index (χ4v) is 4.24. The van der Waals surface area contributed by atoms with Crippen LogP contribution in [0.2, 0.25) is 5.02 Å². The molecule has 0 spiro atoms. The van der Waals surface area contributed by atoms with Crippen LogP contribution >= 0.6 is 23.4 Å². The van der Waals surface area contributed by atoms with E-state index in [1.807, 2.05) is 0 Å². The summed E-state index contributed by atoms with van der Waals surface area (Å²) >= 11 is 6.81. The van der Waals surface area contributed by atoms with Crippen molar-refractivity contribution in [1.82, 2.24) is 0 Å². The van der Waals surface area contributed by atoms with E-state index in [-0.39, 0.29) is 56.3 Å². The van der Waals surface area contributed by atoms with Crippen LogP contribution < -0.4 is 4.74 Å². The van der Waals surface area contributed by atoms with Crippen LogP contribution in [-0.2, 0) is 9.53 Å². The Labute approximate surface area is 208 Å². The summed E-state index contributed by atoms with van der Waals surface area (Å²) < 4.78 is 10.3. The molecule has 182 valence electrons. The first-order valence-electron chi connectivity index (χ1n) is 10.2. The van der Waals surface area contributed by atoms with Crippen molar-refractivity contribution in [1.29, 1.82) is 0 Å². The van der Waals surface area contributed by atoms with Gasteiger partial charge in [0.2, 0.25) is 0 Å². The zero-order valence-corrected chi connectivity index (χ0v) is 20.1. The maximum absolute atomic E-state index is 12.7. The minimum atomic E-state index is -0.926. The van der Waals surface area contributed by atoms with Crippen LogP contribution in [0.4, 0.5) is 5.69 Å². The van der Waals surface area contributed by atoms with E-state index in [0.29, 0.717) is 0 Å².